The summed E-state index contributed by atoms with van der Waals surface area (Å²) in [6, 6.07) is 7.83. The Balaban J connectivity index is 1.66. The largest absolute Gasteiger partial charge is 0.494 e. The lowest BCUT2D eigenvalue weighted by Crippen LogP contribution is -2.35. The van der Waals surface area contributed by atoms with Crippen LogP contribution < -0.4 is 25.6 Å². The molecule has 152 valence electrons. The third-order valence-corrected chi connectivity index (χ3v) is 4.45. The molecule has 6 heteroatoms. The predicted octanol–water partition coefficient (Wildman–Crippen LogP) is 3.56. The third-order valence-electron chi connectivity index (χ3n) is 4.45. The molecule has 0 bridgehead atoms. The van der Waals surface area contributed by atoms with Crippen LogP contribution >= 0.6 is 0 Å². The fourth-order valence-corrected chi connectivity index (χ4v) is 2.86. The summed E-state index contributed by atoms with van der Waals surface area (Å²) in [5.74, 6) is 0.905. The Morgan fingerprint density at radius 2 is 1.89 bits per heavy atom. The van der Waals surface area contributed by atoms with Crippen molar-refractivity contribution in [3.63, 3.8) is 0 Å². The number of nitrogens with zero attached hydrogens (tertiary/aromatic N) is 1. The fraction of sp³-hybridized carbons (Fsp3) is 0.500. The van der Waals surface area contributed by atoms with Crippen molar-refractivity contribution in [1.29, 1.82) is 0 Å². The number of aliphatic imine (C=N–C) groups is 1. The van der Waals surface area contributed by atoms with Gasteiger partial charge in [-0.15, -0.1) is 0 Å². The Kier molecular flexibility index (Phi) is 9.25. The van der Waals surface area contributed by atoms with E-state index < -0.39 is 10.9 Å². The molecule has 0 aliphatic rings. The zero-order valence-corrected chi connectivity index (χ0v) is 16.8. The molecule has 0 radical (unpaired) electrons. The maximum Gasteiger partial charge on any atom is 0.271 e. The molecule has 0 fully saturated rings. The monoisotopic (exact) mass is 386 g/mol. The number of hydrogen-bond donors (Lipinski definition) is 1. The molecule has 0 amide bonds. The lowest BCUT2D eigenvalue weighted by atomic mass is 10.1. The molecule has 0 atom stereocenters. The maximum atomic E-state index is 11.4. The summed E-state index contributed by atoms with van der Waals surface area (Å²) in [5.41, 5.74) is 0.203. The molecule has 0 aliphatic carbocycles. The van der Waals surface area contributed by atoms with E-state index in [0.29, 0.717) is 19.6 Å². The summed E-state index contributed by atoms with van der Waals surface area (Å²) in [5, 5.41) is 2.93. The first kappa shape index (κ1) is 21.7. The Hall–Kier alpha value is -2.63. The van der Waals surface area contributed by atoms with Crippen LogP contribution in [0.4, 0.5) is 5.69 Å². The van der Waals surface area contributed by atoms with E-state index in [9.17, 15) is 9.59 Å². The minimum absolute atomic E-state index is 0.114. The van der Waals surface area contributed by atoms with E-state index >= 15 is 0 Å². The van der Waals surface area contributed by atoms with E-state index in [2.05, 4.69) is 17.2 Å². The van der Waals surface area contributed by atoms with Crippen LogP contribution in [0.2, 0.25) is 0 Å². The first-order valence-electron chi connectivity index (χ1n) is 10.0. The van der Waals surface area contributed by atoms with E-state index in [4.69, 9.17) is 9.47 Å². The van der Waals surface area contributed by atoms with Gasteiger partial charge in [0.25, 0.3) is 10.9 Å². The second-order valence-corrected chi connectivity index (χ2v) is 6.72. The van der Waals surface area contributed by atoms with Gasteiger partial charge in [-0.25, -0.2) is 0 Å². The Labute approximate surface area is 166 Å². The quantitative estimate of drug-likeness (QED) is 0.305. The summed E-state index contributed by atoms with van der Waals surface area (Å²) in [7, 11) is 1.38. The highest BCUT2D eigenvalue weighted by Gasteiger charge is 2.20. The van der Waals surface area contributed by atoms with Gasteiger partial charge in [-0.1, -0.05) is 44.7 Å². The van der Waals surface area contributed by atoms with Crippen LogP contribution in [0.5, 0.6) is 11.5 Å². The van der Waals surface area contributed by atoms with Crippen molar-refractivity contribution in [3.05, 3.63) is 50.3 Å². The van der Waals surface area contributed by atoms with Crippen molar-refractivity contribution in [2.24, 2.45) is 4.99 Å². The van der Waals surface area contributed by atoms with Gasteiger partial charge in [0.2, 0.25) is 0 Å². The first-order chi connectivity index (χ1) is 13.7. The number of benzene rings is 1. The zero-order chi connectivity index (χ0) is 20.2. The zero-order valence-electron chi connectivity index (χ0n) is 16.8. The van der Waals surface area contributed by atoms with Gasteiger partial charge in [0.15, 0.2) is 5.75 Å². The number of nitrogens with one attached hydrogen (secondary N) is 1. The van der Waals surface area contributed by atoms with Gasteiger partial charge in [0, 0.05) is 19.3 Å². The molecular weight excluding hydrogens is 356 g/mol. The lowest BCUT2D eigenvalue weighted by molar-refractivity contribution is 0.315. The highest BCUT2D eigenvalue weighted by Crippen LogP contribution is 2.16. The van der Waals surface area contributed by atoms with Crippen LogP contribution in [0.25, 0.3) is 0 Å². The summed E-state index contributed by atoms with van der Waals surface area (Å²) in [6.07, 6.45) is 8.82. The standard InChI is InChI=1S/C22H30N2O4/c1-3-4-5-6-7-12-23-16-17-10-8-11-18(15-17)28-14-9-13-24-19-20(25)21(26)22(19)27-2/h8,10-11,15-16,24H,3-7,9,12-14H2,1-2H3. The Bertz CT molecular complexity index is 822. The van der Waals surface area contributed by atoms with Gasteiger partial charge in [-0.2, -0.15) is 0 Å². The highest BCUT2D eigenvalue weighted by molar-refractivity contribution is 5.80. The van der Waals surface area contributed by atoms with Crippen molar-refractivity contribution < 1.29 is 9.47 Å². The van der Waals surface area contributed by atoms with Crippen LogP contribution in [0.1, 0.15) is 51.0 Å². The van der Waals surface area contributed by atoms with Gasteiger partial charge in [0.05, 0.1) is 13.7 Å². The Morgan fingerprint density at radius 3 is 2.68 bits per heavy atom. The normalized spacial score (nSPS) is 11.2. The SMILES string of the molecule is CCCCCCCN=Cc1cccc(OCCCNc2c(OC)c(=O)c2=O)c1. The van der Waals surface area contributed by atoms with Crippen LogP contribution in [0, 0.1) is 0 Å². The van der Waals surface area contributed by atoms with Gasteiger partial charge in [0.1, 0.15) is 11.4 Å². The van der Waals surface area contributed by atoms with Crippen LogP contribution in [-0.2, 0) is 0 Å². The van der Waals surface area contributed by atoms with E-state index in [-0.39, 0.29) is 11.4 Å². The summed E-state index contributed by atoms with van der Waals surface area (Å²) < 4.78 is 10.6. The maximum absolute atomic E-state index is 11.4. The van der Waals surface area contributed by atoms with E-state index in [1.54, 1.807) is 0 Å². The van der Waals surface area contributed by atoms with Crippen molar-refractivity contribution in [1.82, 2.24) is 0 Å². The van der Waals surface area contributed by atoms with Crippen molar-refractivity contribution in [3.8, 4) is 11.5 Å². The molecule has 2 rings (SSSR count). The molecule has 0 heterocycles. The van der Waals surface area contributed by atoms with Gasteiger partial charge < -0.3 is 14.8 Å². The molecule has 28 heavy (non-hydrogen) atoms. The fourth-order valence-electron chi connectivity index (χ4n) is 2.86. The molecule has 1 N–H and O–H groups in total. The second kappa shape index (κ2) is 12.0. The number of rotatable bonds is 14. The average molecular weight is 386 g/mol. The molecule has 2 aromatic carbocycles. The number of methoxy groups -OCH3 is 1. The van der Waals surface area contributed by atoms with E-state index in [0.717, 1.165) is 24.3 Å². The summed E-state index contributed by atoms with van der Waals surface area (Å²) in [4.78, 5) is 27.2. The highest BCUT2D eigenvalue weighted by atomic mass is 16.5. The molecule has 0 saturated carbocycles. The van der Waals surface area contributed by atoms with E-state index in [1.165, 1.54) is 32.8 Å². The number of anilines is 1. The number of ether oxygens (including phenoxy) is 2. The minimum atomic E-state index is -0.569. The molecule has 0 aliphatic heterocycles. The molecule has 0 saturated heterocycles. The molecule has 0 unspecified atom stereocenters. The van der Waals surface area contributed by atoms with E-state index in [1.807, 2.05) is 30.5 Å². The topological polar surface area (TPSA) is 77.0 Å². The van der Waals surface area contributed by atoms with Crippen molar-refractivity contribution in [2.75, 3.05) is 32.1 Å². The Morgan fingerprint density at radius 1 is 1.07 bits per heavy atom. The minimum Gasteiger partial charge on any atom is -0.494 e. The van der Waals surface area contributed by atoms with Gasteiger partial charge >= 0.3 is 0 Å². The van der Waals surface area contributed by atoms with Gasteiger partial charge in [-0.05, 0) is 30.5 Å². The summed E-state index contributed by atoms with van der Waals surface area (Å²) >= 11 is 0. The molecule has 0 aromatic heterocycles. The molecule has 0 spiro atoms. The summed E-state index contributed by atoms with van der Waals surface area (Å²) in [6.45, 7) is 4.11. The number of unbranched alkanes of at least 4 members (excludes halogenated alkanes) is 4. The van der Waals surface area contributed by atoms with Crippen LogP contribution in [-0.4, -0.2) is 33.0 Å². The smallest absolute Gasteiger partial charge is 0.271 e. The van der Waals surface area contributed by atoms with Gasteiger partial charge in [-0.3, -0.25) is 14.6 Å². The average Bonchev–Trinajstić information content (AvgIpc) is 2.72. The molecular formula is C22H30N2O4. The van der Waals surface area contributed by atoms with Crippen LogP contribution in [0.15, 0.2) is 38.8 Å². The van der Waals surface area contributed by atoms with Crippen molar-refractivity contribution in [2.45, 2.75) is 45.4 Å². The third kappa shape index (κ3) is 6.51. The number of hydrogen-bond acceptors (Lipinski definition) is 6. The predicted molar refractivity (Wildman–Crippen MR) is 114 cm³/mol. The van der Waals surface area contributed by atoms with Crippen molar-refractivity contribution >= 4 is 11.9 Å². The first-order valence-corrected chi connectivity index (χ1v) is 10.0. The van der Waals surface area contributed by atoms with Crippen LogP contribution in [0.3, 0.4) is 0 Å². The molecule has 6 nitrogen and oxygen atoms in total. The molecule has 2 aromatic rings. The second-order valence-electron chi connectivity index (χ2n) is 6.72. The lowest BCUT2D eigenvalue weighted by Gasteiger charge is -2.12.